The number of ether oxygens (including phenoxy) is 2. The number of anilines is 1. The minimum Gasteiger partial charge on any atom is -0.754 e. The lowest BCUT2D eigenvalue weighted by molar-refractivity contribution is 0.414. The third kappa shape index (κ3) is 3.44. The maximum atomic E-state index is 12.5. The van der Waals surface area contributed by atoms with Crippen LogP contribution in [0.5, 0.6) is 11.5 Å². The van der Waals surface area contributed by atoms with E-state index in [2.05, 4.69) is 0 Å². The number of allylic oxidation sites excluding steroid dienone is 4. The Bertz CT molecular complexity index is 763. The van der Waals surface area contributed by atoms with Crippen molar-refractivity contribution in [3.8, 4) is 11.5 Å². The van der Waals surface area contributed by atoms with Gasteiger partial charge in [0.2, 0.25) is 0 Å². The molecule has 1 aliphatic rings. The standard InChI is InChI=1S/C20H20NO3/c1-23-19-12-8-16(9-13-19)15-6-10-17(11-7-15)21(22)18-4-3-5-20(14-18)24-2/h3-6,8-10,12-14H,7,11H2,1-2H3/q-1. The largest absolute Gasteiger partial charge is 0.754 e. The Morgan fingerprint density at radius 3 is 2.25 bits per heavy atom. The van der Waals surface area contributed by atoms with Crippen molar-refractivity contribution in [2.45, 2.75) is 12.8 Å². The van der Waals surface area contributed by atoms with Gasteiger partial charge in [0.15, 0.2) is 0 Å². The van der Waals surface area contributed by atoms with Crippen LogP contribution in [0.2, 0.25) is 0 Å². The van der Waals surface area contributed by atoms with Gasteiger partial charge in [-0.2, -0.15) is 0 Å². The number of hydrogen-bond acceptors (Lipinski definition) is 4. The van der Waals surface area contributed by atoms with Crippen molar-refractivity contribution in [3.63, 3.8) is 0 Å². The van der Waals surface area contributed by atoms with Crippen LogP contribution in [0, 0.1) is 5.21 Å². The summed E-state index contributed by atoms with van der Waals surface area (Å²) < 4.78 is 10.4. The minimum atomic E-state index is 0.585. The minimum absolute atomic E-state index is 0.585. The highest BCUT2D eigenvalue weighted by molar-refractivity contribution is 5.70. The molecule has 2 aromatic rings. The van der Waals surface area contributed by atoms with Gasteiger partial charge >= 0.3 is 0 Å². The topological polar surface area (TPSA) is 44.8 Å². The second-order valence-corrected chi connectivity index (χ2v) is 5.57. The Hall–Kier alpha value is -2.72. The Kier molecular flexibility index (Phi) is 4.87. The zero-order valence-electron chi connectivity index (χ0n) is 13.9. The molecule has 0 aromatic heterocycles. The van der Waals surface area contributed by atoms with Crippen LogP contribution in [0.25, 0.3) is 5.57 Å². The molecule has 0 amide bonds. The number of methoxy groups -OCH3 is 2. The number of nitrogens with zero attached hydrogens (tertiary/aromatic N) is 1. The molecule has 3 rings (SSSR count). The highest BCUT2D eigenvalue weighted by Crippen LogP contribution is 2.32. The molecular formula is C20H20NO3-. The van der Waals surface area contributed by atoms with Crippen LogP contribution in [-0.2, 0) is 0 Å². The molecule has 24 heavy (non-hydrogen) atoms. The van der Waals surface area contributed by atoms with E-state index in [0.717, 1.165) is 28.5 Å². The van der Waals surface area contributed by atoms with Gasteiger partial charge in [0.25, 0.3) is 0 Å². The Morgan fingerprint density at radius 1 is 0.875 bits per heavy atom. The van der Waals surface area contributed by atoms with Crippen LogP contribution >= 0.6 is 0 Å². The first-order chi connectivity index (χ1) is 11.7. The van der Waals surface area contributed by atoms with E-state index in [1.54, 1.807) is 26.4 Å². The average Bonchev–Trinajstić information content (AvgIpc) is 2.67. The van der Waals surface area contributed by atoms with Crippen LogP contribution < -0.4 is 14.5 Å². The van der Waals surface area contributed by atoms with E-state index in [4.69, 9.17) is 9.47 Å². The molecule has 124 valence electrons. The third-order valence-electron chi connectivity index (χ3n) is 4.14. The summed E-state index contributed by atoms with van der Waals surface area (Å²) in [7, 11) is 3.25. The lowest BCUT2D eigenvalue weighted by atomic mass is 9.95. The van der Waals surface area contributed by atoms with E-state index in [0.29, 0.717) is 17.9 Å². The van der Waals surface area contributed by atoms with Crippen molar-refractivity contribution >= 4 is 11.3 Å². The van der Waals surface area contributed by atoms with E-state index < -0.39 is 0 Å². The van der Waals surface area contributed by atoms with E-state index in [9.17, 15) is 5.21 Å². The molecule has 0 atom stereocenters. The van der Waals surface area contributed by atoms with Crippen LogP contribution in [0.1, 0.15) is 18.4 Å². The van der Waals surface area contributed by atoms with Gasteiger partial charge in [-0.15, -0.1) is 0 Å². The lowest BCUT2D eigenvalue weighted by Crippen LogP contribution is -2.15. The molecule has 0 aliphatic heterocycles. The molecule has 2 aromatic carbocycles. The van der Waals surface area contributed by atoms with E-state index in [1.165, 1.54) is 5.57 Å². The Labute approximate surface area is 142 Å². The molecule has 0 saturated carbocycles. The van der Waals surface area contributed by atoms with Crippen molar-refractivity contribution in [1.29, 1.82) is 0 Å². The summed E-state index contributed by atoms with van der Waals surface area (Å²) in [5, 5.41) is 13.5. The molecule has 0 heterocycles. The zero-order chi connectivity index (χ0) is 16.9. The van der Waals surface area contributed by atoms with Crippen LogP contribution in [0.15, 0.2) is 66.4 Å². The molecular weight excluding hydrogens is 302 g/mol. The van der Waals surface area contributed by atoms with Gasteiger partial charge in [-0.05, 0) is 54.3 Å². The molecule has 0 fully saturated rings. The molecule has 1 aliphatic carbocycles. The normalized spacial score (nSPS) is 13.8. The molecule has 0 unspecified atom stereocenters. The monoisotopic (exact) mass is 322 g/mol. The fourth-order valence-electron chi connectivity index (χ4n) is 2.74. The summed E-state index contributed by atoms with van der Waals surface area (Å²) in [6.45, 7) is 0. The number of benzene rings is 2. The summed E-state index contributed by atoms with van der Waals surface area (Å²) in [6.07, 6.45) is 5.46. The maximum absolute atomic E-state index is 12.5. The SMILES string of the molecule is COc1ccc(C2=CC=C(N([O-])c3cccc(OC)c3)CC2)cc1. The van der Waals surface area contributed by atoms with Gasteiger partial charge in [-0.1, -0.05) is 24.3 Å². The summed E-state index contributed by atoms with van der Waals surface area (Å²) in [6, 6.07) is 15.2. The third-order valence-corrected chi connectivity index (χ3v) is 4.14. The molecule has 0 radical (unpaired) electrons. The molecule has 0 spiro atoms. The first-order valence-electron chi connectivity index (χ1n) is 7.87. The number of rotatable bonds is 5. The van der Waals surface area contributed by atoms with Gasteiger partial charge in [0.05, 0.1) is 14.2 Å². The molecule has 0 N–H and O–H groups in total. The van der Waals surface area contributed by atoms with Crippen LogP contribution in [-0.4, -0.2) is 14.2 Å². The first kappa shape index (κ1) is 16.1. The van der Waals surface area contributed by atoms with E-state index in [-0.39, 0.29) is 0 Å². The molecule has 0 saturated heterocycles. The van der Waals surface area contributed by atoms with Crippen molar-refractivity contribution in [1.82, 2.24) is 0 Å². The summed E-state index contributed by atoms with van der Waals surface area (Å²) in [4.78, 5) is 0. The summed E-state index contributed by atoms with van der Waals surface area (Å²) >= 11 is 0. The second kappa shape index (κ2) is 7.23. The number of hydrogen-bond donors (Lipinski definition) is 0. The fourth-order valence-corrected chi connectivity index (χ4v) is 2.74. The van der Waals surface area contributed by atoms with Gasteiger partial charge in [0, 0.05) is 17.5 Å². The van der Waals surface area contributed by atoms with Crippen LogP contribution in [0.3, 0.4) is 0 Å². The van der Waals surface area contributed by atoms with E-state index >= 15 is 0 Å². The molecule has 0 bridgehead atoms. The quantitative estimate of drug-likeness (QED) is 0.744. The Balaban J connectivity index is 1.78. The first-order valence-corrected chi connectivity index (χ1v) is 7.87. The van der Waals surface area contributed by atoms with Gasteiger partial charge in [-0.25, -0.2) is 0 Å². The average molecular weight is 322 g/mol. The number of hydroxylamine groups is 1. The van der Waals surface area contributed by atoms with E-state index in [1.807, 2.05) is 48.6 Å². The summed E-state index contributed by atoms with van der Waals surface area (Å²) in [5.74, 6) is 1.52. The summed E-state index contributed by atoms with van der Waals surface area (Å²) in [5.41, 5.74) is 3.72. The van der Waals surface area contributed by atoms with Gasteiger partial charge in [0.1, 0.15) is 11.5 Å². The fraction of sp³-hybridized carbons (Fsp3) is 0.200. The van der Waals surface area contributed by atoms with Crippen molar-refractivity contribution in [3.05, 3.63) is 77.2 Å². The van der Waals surface area contributed by atoms with Crippen LogP contribution in [0.4, 0.5) is 5.69 Å². The highest BCUT2D eigenvalue weighted by atomic mass is 16.5. The highest BCUT2D eigenvalue weighted by Gasteiger charge is 2.11. The van der Waals surface area contributed by atoms with Crippen molar-refractivity contribution in [2.75, 3.05) is 19.3 Å². The lowest BCUT2D eigenvalue weighted by Gasteiger charge is -2.35. The molecule has 4 heteroatoms. The second-order valence-electron chi connectivity index (χ2n) is 5.57. The van der Waals surface area contributed by atoms with Crippen molar-refractivity contribution in [2.24, 2.45) is 0 Å². The van der Waals surface area contributed by atoms with Gasteiger partial charge in [-0.3, -0.25) is 0 Å². The molecule has 4 nitrogen and oxygen atoms in total. The zero-order valence-corrected chi connectivity index (χ0v) is 13.9. The van der Waals surface area contributed by atoms with Gasteiger partial charge < -0.3 is 19.7 Å². The Morgan fingerprint density at radius 2 is 1.62 bits per heavy atom. The smallest absolute Gasteiger partial charge is 0.120 e. The predicted molar refractivity (Wildman–Crippen MR) is 97.1 cm³/mol. The predicted octanol–water partition coefficient (Wildman–Crippen LogP) is 4.77. The maximum Gasteiger partial charge on any atom is 0.120 e. The van der Waals surface area contributed by atoms with Crippen molar-refractivity contribution < 1.29 is 9.47 Å².